The van der Waals surface area contributed by atoms with Gasteiger partial charge < -0.3 is 29.3 Å². The number of fused-ring (bicyclic) bond motifs is 1. The fourth-order valence-electron chi connectivity index (χ4n) is 6.27. The Kier molecular flexibility index (Phi) is 9.76. The number of anilines is 1. The van der Waals surface area contributed by atoms with E-state index < -0.39 is 0 Å². The van der Waals surface area contributed by atoms with Gasteiger partial charge in [-0.2, -0.15) is 9.97 Å². The normalized spacial score (nSPS) is 20.4. The van der Waals surface area contributed by atoms with Crippen molar-refractivity contribution < 1.29 is 19.4 Å². The molecule has 3 aliphatic rings. The molecule has 0 spiro atoms. The molecule has 226 valence electrons. The predicted molar refractivity (Wildman–Crippen MR) is 163 cm³/mol. The topological polar surface area (TPSA) is 94.5 Å². The third-order valence-corrected chi connectivity index (χ3v) is 8.52. The predicted octanol–water partition coefficient (Wildman–Crippen LogP) is 2.50. The highest BCUT2D eigenvalue weighted by molar-refractivity contribution is 5.87. The molecular formula is C32H44N6O4. The van der Waals surface area contributed by atoms with Crippen LogP contribution in [0.25, 0.3) is 5.70 Å². The number of rotatable bonds is 10. The average molecular weight is 577 g/mol. The first-order valence-corrected chi connectivity index (χ1v) is 15.0. The maximum Gasteiger partial charge on any atom is 0.318 e. The molecule has 0 aliphatic carbocycles. The van der Waals surface area contributed by atoms with Crippen LogP contribution in [0.5, 0.6) is 6.01 Å². The summed E-state index contributed by atoms with van der Waals surface area (Å²) in [6.07, 6.45) is 5.25. The van der Waals surface area contributed by atoms with Gasteiger partial charge in [-0.05, 0) is 44.4 Å². The molecule has 2 atom stereocenters. The summed E-state index contributed by atoms with van der Waals surface area (Å²) in [5.74, 6) is 0.863. The summed E-state index contributed by atoms with van der Waals surface area (Å²) >= 11 is 0. The summed E-state index contributed by atoms with van der Waals surface area (Å²) < 4.78 is 11.9. The quantitative estimate of drug-likeness (QED) is 0.428. The highest BCUT2D eigenvalue weighted by atomic mass is 16.5. The van der Waals surface area contributed by atoms with E-state index >= 15 is 0 Å². The lowest BCUT2D eigenvalue weighted by Gasteiger charge is -2.38. The molecule has 1 aromatic carbocycles. The minimum Gasteiger partial charge on any atom is -0.459 e. The molecule has 1 aromatic heterocycles. The van der Waals surface area contributed by atoms with Crippen LogP contribution in [0, 0.1) is 6.92 Å². The van der Waals surface area contributed by atoms with Crippen LogP contribution in [0.3, 0.4) is 0 Å². The van der Waals surface area contributed by atoms with E-state index in [1.54, 1.807) is 7.11 Å². The SMILES string of the molecule is C=CC(=O)N1CCN(c2nc(O[C@H](C)CN3CC[C@H](OC)C3)nc3c2CCN(/C(=C/CO)c2ccccc2C)C3)CC1. The zero-order valence-electron chi connectivity index (χ0n) is 25.2. The molecule has 1 N–H and O–H groups in total. The highest BCUT2D eigenvalue weighted by Gasteiger charge is 2.30. The lowest BCUT2D eigenvalue weighted by Crippen LogP contribution is -2.49. The zero-order valence-corrected chi connectivity index (χ0v) is 25.2. The molecule has 0 saturated carbocycles. The van der Waals surface area contributed by atoms with Crippen molar-refractivity contribution >= 4 is 17.4 Å². The van der Waals surface area contributed by atoms with Crippen molar-refractivity contribution in [3.63, 3.8) is 0 Å². The second-order valence-corrected chi connectivity index (χ2v) is 11.4. The zero-order chi connectivity index (χ0) is 29.6. The van der Waals surface area contributed by atoms with Crippen molar-refractivity contribution in [3.05, 3.63) is 65.4 Å². The van der Waals surface area contributed by atoms with Crippen LogP contribution in [-0.4, -0.2) is 114 Å². The molecule has 0 radical (unpaired) electrons. The number of hydrogen-bond donors (Lipinski definition) is 1. The first-order valence-electron chi connectivity index (χ1n) is 15.0. The number of aliphatic hydroxyl groups excluding tert-OH is 1. The van der Waals surface area contributed by atoms with E-state index in [9.17, 15) is 9.90 Å². The molecule has 0 bridgehead atoms. The van der Waals surface area contributed by atoms with Gasteiger partial charge in [0.1, 0.15) is 11.9 Å². The molecule has 0 unspecified atom stereocenters. The van der Waals surface area contributed by atoms with Crippen LogP contribution >= 0.6 is 0 Å². The first kappa shape index (κ1) is 30.0. The van der Waals surface area contributed by atoms with E-state index in [1.165, 1.54) is 6.08 Å². The summed E-state index contributed by atoms with van der Waals surface area (Å²) in [4.78, 5) is 30.9. The summed E-state index contributed by atoms with van der Waals surface area (Å²) in [6.45, 7) is 14.4. The van der Waals surface area contributed by atoms with Crippen LogP contribution in [0.4, 0.5) is 5.82 Å². The number of aryl methyl sites for hydroxylation is 1. The molecular weight excluding hydrogens is 532 g/mol. The van der Waals surface area contributed by atoms with E-state index in [1.807, 2.05) is 23.1 Å². The fourth-order valence-corrected chi connectivity index (χ4v) is 6.27. The molecule has 4 heterocycles. The number of likely N-dealkylation sites (tertiary alicyclic amines) is 1. The van der Waals surface area contributed by atoms with Gasteiger partial charge in [0, 0.05) is 76.3 Å². The Balaban J connectivity index is 1.41. The third kappa shape index (κ3) is 6.77. The minimum atomic E-state index is -0.0925. The van der Waals surface area contributed by atoms with E-state index in [0.29, 0.717) is 38.7 Å². The van der Waals surface area contributed by atoms with Crippen LogP contribution < -0.4 is 9.64 Å². The van der Waals surface area contributed by atoms with Gasteiger partial charge in [-0.25, -0.2) is 0 Å². The summed E-state index contributed by atoms with van der Waals surface area (Å²) in [5, 5.41) is 9.90. The number of piperazine rings is 1. The molecule has 10 nitrogen and oxygen atoms in total. The number of carbonyl (C=O) groups is 1. The Bertz CT molecular complexity index is 1290. The van der Waals surface area contributed by atoms with Gasteiger partial charge in [-0.3, -0.25) is 9.69 Å². The van der Waals surface area contributed by atoms with Crippen LogP contribution in [0.1, 0.15) is 35.7 Å². The van der Waals surface area contributed by atoms with Gasteiger partial charge in [0.25, 0.3) is 0 Å². The van der Waals surface area contributed by atoms with Gasteiger partial charge in [0.2, 0.25) is 5.91 Å². The number of methoxy groups -OCH3 is 1. The van der Waals surface area contributed by atoms with Gasteiger partial charge in [0.05, 0.1) is 24.9 Å². The Hall–Kier alpha value is -3.47. The van der Waals surface area contributed by atoms with E-state index in [4.69, 9.17) is 19.4 Å². The molecule has 10 heteroatoms. The van der Waals surface area contributed by atoms with Gasteiger partial charge in [-0.15, -0.1) is 0 Å². The largest absolute Gasteiger partial charge is 0.459 e. The Morgan fingerprint density at radius 1 is 1.14 bits per heavy atom. The number of ether oxygens (including phenoxy) is 2. The van der Waals surface area contributed by atoms with E-state index in [-0.39, 0.29) is 24.7 Å². The lowest BCUT2D eigenvalue weighted by molar-refractivity contribution is -0.126. The summed E-state index contributed by atoms with van der Waals surface area (Å²) in [7, 11) is 1.77. The number of benzene rings is 1. The van der Waals surface area contributed by atoms with Gasteiger partial charge in [0.15, 0.2) is 0 Å². The number of nitrogens with zero attached hydrogens (tertiary/aromatic N) is 6. The summed E-state index contributed by atoms with van der Waals surface area (Å²) in [5.41, 5.74) is 5.35. The van der Waals surface area contributed by atoms with Crippen molar-refractivity contribution in [2.24, 2.45) is 0 Å². The molecule has 3 aliphatic heterocycles. The molecule has 1 amide bonds. The molecule has 5 rings (SSSR count). The molecule has 2 aromatic rings. The summed E-state index contributed by atoms with van der Waals surface area (Å²) in [6, 6.07) is 8.65. The highest BCUT2D eigenvalue weighted by Crippen LogP contribution is 2.33. The number of amides is 1. The third-order valence-electron chi connectivity index (χ3n) is 8.52. The Morgan fingerprint density at radius 2 is 1.93 bits per heavy atom. The van der Waals surface area contributed by atoms with Crippen molar-refractivity contribution in [3.8, 4) is 6.01 Å². The number of carbonyl (C=O) groups excluding carboxylic acids is 1. The minimum absolute atomic E-state index is 0.0371. The van der Waals surface area contributed by atoms with Crippen molar-refractivity contribution in [2.75, 3.05) is 71.0 Å². The Labute approximate surface area is 249 Å². The van der Waals surface area contributed by atoms with Crippen molar-refractivity contribution in [2.45, 2.75) is 45.4 Å². The Morgan fingerprint density at radius 3 is 2.62 bits per heavy atom. The maximum absolute atomic E-state index is 12.2. The monoisotopic (exact) mass is 576 g/mol. The van der Waals surface area contributed by atoms with E-state index in [2.05, 4.69) is 47.3 Å². The second kappa shape index (κ2) is 13.7. The lowest BCUT2D eigenvalue weighted by atomic mass is 9.99. The molecule has 2 fully saturated rings. The second-order valence-electron chi connectivity index (χ2n) is 11.4. The van der Waals surface area contributed by atoms with Crippen molar-refractivity contribution in [1.29, 1.82) is 0 Å². The first-order chi connectivity index (χ1) is 20.4. The maximum atomic E-state index is 12.2. The smallest absolute Gasteiger partial charge is 0.318 e. The number of aliphatic hydroxyl groups is 1. The number of hydrogen-bond acceptors (Lipinski definition) is 9. The van der Waals surface area contributed by atoms with Gasteiger partial charge >= 0.3 is 6.01 Å². The average Bonchev–Trinajstić information content (AvgIpc) is 3.46. The number of aromatic nitrogens is 2. The van der Waals surface area contributed by atoms with Crippen LogP contribution in [-0.2, 0) is 22.5 Å². The standard InChI is InChI=1S/C32H44N6O4/c1-5-30(40)36-15-17-37(18-16-36)31-27-11-14-38(29(12-19-39)26-9-7-6-8-23(26)2)22-28(27)33-32(34-31)42-24(3)20-35-13-10-25(21-35)41-4/h5-9,12,24-25,39H,1,10-11,13-22H2,2-4H3/b29-12+/t24-,25+/m1/s1. The molecule has 42 heavy (non-hydrogen) atoms. The van der Waals surface area contributed by atoms with Crippen LogP contribution in [0.15, 0.2) is 43.0 Å². The fraction of sp³-hybridized carbons (Fsp3) is 0.531. The van der Waals surface area contributed by atoms with Gasteiger partial charge in [-0.1, -0.05) is 30.8 Å². The van der Waals surface area contributed by atoms with E-state index in [0.717, 1.165) is 72.9 Å². The molecule has 2 saturated heterocycles. The van der Waals surface area contributed by atoms with Crippen molar-refractivity contribution in [1.82, 2.24) is 24.7 Å². The van der Waals surface area contributed by atoms with Crippen LogP contribution in [0.2, 0.25) is 0 Å².